The van der Waals surface area contributed by atoms with Crippen molar-refractivity contribution in [3.05, 3.63) is 0 Å². The van der Waals surface area contributed by atoms with E-state index >= 15 is 0 Å². The highest BCUT2D eigenvalue weighted by Crippen LogP contribution is 2.08. The molecule has 90 valence electrons. The summed E-state index contributed by atoms with van der Waals surface area (Å²) >= 11 is 0. The Balaban J connectivity index is 4.42. The fourth-order valence-electron chi connectivity index (χ4n) is 0.870. The number of hydrogen-bond donors (Lipinski definition) is 7. The van der Waals surface area contributed by atoms with Gasteiger partial charge >= 0.3 is 5.97 Å². The zero-order chi connectivity index (χ0) is 12.2. The number of aliphatic hydroxyl groups excluding tert-OH is 6. The smallest absolute Gasteiger partial charge is 0.335 e. The maximum Gasteiger partial charge on any atom is 0.335 e. The highest BCUT2D eigenvalue weighted by molar-refractivity contribution is 5.72. The molecule has 8 heteroatoms. The molecule has 0 heterocycles. The molecule has 0 aliphatic carbocycles. The standard InChI is InChI=1S/C7H14O8/c8-1-2(9)3(10)4(11)5(12)6(13)7(14)15/h2-6,8-13H,1H2,(H,14,15)/t2-,3-,4-,5-,6-/m0/s1. The van der Waals surface area contributed by atoms with Gasteiger partial charge in [0.15, 0.2) is 6.10 Å². The van der Waals surface area contributed by atoms with E-state index in [9.17, 15) is 4.79 Å². The van der Waals surface area contributed by atoms with E-state index in [1.165, 1.54) is 0 Å². The van der Waals surface area contributed by atoms with Crippen LogP contribution >= 0.6 is 0 Å². The first-order chi connectivity index (χ1) is 6.82. The van der Waals surface area contributed by atoms with Crippen molar-refractivity contribution in [3.63, 3.8) is 0 Å². The average molecular weight is 226 g/mol. The molecule has 0 fully saturated rings. The van der Waals surface area contributed by atoms with E-state index in [2.05, 4.69) is 0 Å². The SMILES string of the molecule is O=C(O)[C@@H](O)[C@@H](O)[C@@H](O)[C@@H](O)[C@@H](O)CO. The van der Waals surface area contributed by atoms with Gasteiger partial charge in [0.1, 0.15) is 24.4 Å². The van der Waals surface area contributed by atoms with E-state index < -0.39 is 43.1 Å². The molecule has 0 amide bonds. The third-order valence-corrected chi connectivity index (χ3v) is 1.86. The van der Waals surface area contributed by atoms with E-state index in [0.29, 0.717) is 0 Å². The minimum Gasteiger partial charge on any atom is -0.479 e. The van der Waals surface area contributed by atoms with Crippen molar-refractivity contribution in [1.82, 2.24) is 0 Å². The Morgan fingerprint density at radius 3 is 1.73 bits per heavy atom. The molecule has 0 bridgehead atoms. The third-order valence-electron chi connectivity index (χ3n) is 1.86. The molecular formula is C7H14O8. The van der Waals surface area contributed by atoms with Gasteiger partial charge in [-0.15, -0.1) is 0 Å². The van der Waals surface area contributed by atoms with E-state index in [-0.39, 0.29) is 0 Å². The quantitative estimate of drug-likeness (QED) is 0.240. The van der Waals surface area contributed by atoms with Gasteiger partial charge in [-0.3, -0.25) is 0 Å². The van der Waals surface area contributed by atoms with Gasteiger partial charge in [0.05, 0.1) is 6.61 Å². The molecule has 0 aromatic rings. The van der Waals surface area contributed by atoms with Crippen LogP contribution < -0.4 is 0 Å². The first kappa shape index (κ1) is 14.2. The second kappa shape index (κ2) is 5.95. The van der Waals surface area contributed by atoms with Crippen molar-refractivity contribution in [3.8, 4) is 0 Å². The van der Waals surface area contributed by atoms with Crippen LogP contribution in [0.5, 0.6) is 0 Å². The van der Waals surface area contributed by atoms with Crippen LogP contribution in [0.15, 0.2) is 0 Å². The Morgan fingerprint density at radius 2 is 1.40 bits per heavy atom. The van der Waals surface area contributed by atoms with E-state index in [1.54, 1.807) is 0 Å². The molecule has 0 saturated carbocycles. The van der Waals surface area contributed by atoms with Gasteiger partial charge in [-0.25, -0.2) is 4.79 Å². The number of carboxylic acids is 1. The molecule has 0 spiro atoms. The zero-order valence-corrected chi connectivity index (χ0v) is 7.63. The van der Waals surface area contributed by atoms with Crippen molar-refractivity contribution < 1.29 is 40.5 Å². The van der Waals surface area contributed by atoms with Crippen molar-refractivity contribution >= 4 is 5.97 Å². The summed E-state index contributed by atoms with van der Waals surface area (Å²) < 4.78 is 0. The van der Waals surface area contributed by atoms with Crippen LogP contribution in [0.25, 0.3) is 0 Å². The summed E-state index contributed by atoms with van der Waals surface area (Å²) in [6.45, 7) is -0.881. The van der Waals surface area contributed by atoms with Crippen LogP contribution in [0.4, 0.5) is 0 Å². The number of aliphatic carboxylic acids is 1. The maximum atomic E-state index is 10.2. The van der Waals surface area contributed by atoms with Crippen LogP contribution in [0.1, 0.15) is 0 Å². The highest BCUT2D eigenvalue weighted by Gasteiger charge is 2.36. The Kier molecular flexibility index (Phi) is 5.65. The minimum atomic E-state index is -2.29. The zero-order valence-electron chi connectivity index (χ0n) is 7.63. The minimum absolute atomic E-state index is 0.881. The molecule has 0 aromatic heterocycles. The Morgan fingerprint density at radius 1 is 0.933 bits per heavy atom. The molecule has 7 N–H and O–H groups in total. The summed E-state index contributed by atoms with van der Waals surface area (Å²) in [6, 6.07) is 0. The molecular weight excluding hydrogens is 212 g/mol. The summed E-state index contributed by atoms with van der Waals surface area (Å²) in [5.74, 6) is -1.78. The molecule has 15 heavy (non-hydrogen) atoms. The van der Waals surface area contributed by atoms with Crippen LogP contribution in [-0.2, 0) is 4.79 Å². The van der Waals surface area contributed by atoms with Crippen molar-refractivity contribution in [2.45, 2.75) is 30.5 Å². The lowest BCUT2D eigenvalue weighted by Gasteiger charge is -2.26. The van der Waals surface area contributed by atoms with Crippen LogP contribution in [0.3, 0.4) is 0 Å². The van der Waals surface area contributed by atoms with Crippen LogP contribution in [-0.4, -0.2) is 78.8 Å². The number of rotatable bonds is 6. The third kappa shape index (κ3) is 3.70. The van der Waals surface area contributed by atoms with Gasteiger partial charge < -0.3 is 35.7 Å². The molecule has 0 aliphatic rings. The van der Waals surface area contributed by atoms with Crippen molar-refractivity contribution in [1.29, 1.82) is 0 Å². The Labute approximate surface area is 84.7 Å². The molecule has 5 atom stereocenters. The van der Waals surface area contributed by atoms with Gasteiger partial charge in [-0.2, -0.15) is 0 Å². The predicted octanol–water partition coefficient (Wildman–Crippen LogP) is -4.13. The number of hydrogen-bond acceptors (Lipinski definition) is 7. The lowest BCUT2D eigenvalue weighted by atomic mass is 9.99. The van der Waals surface area contributed by atoms with Gasteiger partial charge in [-0.05, 0) is 0 Å². The Bertz CT molecular complexity index is 207. The summed E-state index contributed by atoms with van der Waals surface area (Å²) in [7, 11) is 0. The summed E-state index contributed by atoms with van der Waals surface area (Å²) in [5, 5.41) is 61.5. The maximum absolute atomic E-state index is 10.2. The average Bonchev–Trinajstić information content (AvgIpc) is 2.23. The van der Waals surface area contributed by atoms with Gasteiger partial charge in [0.25, 0.3) is 0 Å². The highest BCUT2D eigenvalue weighted by atomic mass is 16.4. The first-order valence-corrected chi connectivity index (χ1v) is 4.07. The van der Waals surface area contributed by atoms with Crippen LogP contribution in [0, 0.1) is 0 Å². The van der Waals surface area contributed by atoms with Gasteiger partial charge in [0.2, 0.25) is 0 Å². The fourth-order valence-corrected chi connectivity index (χ4v) is 0.870. The molecule has 0 unspecified atom stereocenters. The first-order valence-electron chi connectivity index (χ1n) is 4.07. The van der Waals surface area contributed by atoms with Gasteiger partial charge in [-0.1, -0.05) is 0 Å². The lowest BCUT2D eigenvalue weighted by Crippen LogP contribution is -2.51. The van der Waals surface area contributed by atoms with E-state index in [1.807, 2.05) is 0 Å². The molecule has 0 radical (unpaired) electrons. The number of carboxylic acid groups (broad SMARTS) is 1. The molecule has 0 aliphatic heterocycles. The molecule has 0 rings (SSSR count). The van der Waals surface area contributed by atoms with E-state index in [0.717, 1.165) is 0 Å². The van der Waals surface area contributed by atoms with Crippen LogP contribution in [0.2, 0.25) is 0 Å². The topological polar surface area (TPSA) is 159 Å². The number of aliphatic hydroxyl groups is 6. The monoisotopic (exact) mass is 226 g/mol. The predicted molar refractivity (Wildman–Crippen MR) is 44.8 cm³/mol. The van der Waals surface area contributed by atoms with E-state index in [4.69, 9.17) is 35.7 Å². The Hall–Kier alpha value is -0.770. The summed E-state index contributed by atoms with van der Waals surface area (Å²) in [5.41, 5.74) is 0. The van der Waals surface area contributed by atoms with Gasteiger partial charge in [0, 0.05) is 0 Å². The second-order valence-electron chi connectivity index (χ2n) is 3.00. The molecule has 8 nitrogen and oxygen atoms in total. The molecule has 0 saturated heterocycles. The van der Waals surface area contributed by atoms with Crippen molar-refractivity contribution in [2.75, 3.05) is 6.61 Å². The summed E-state index contributed by atoms with van der Waals surface area (Å²) in [6.07, 6.45) is -10.2. The molecule has 0 aromatic carbocycles. The largest absolute Gasteiger partial charge is 0.479 e. The summed E-state index contributed by atoms with van der Waals surface area (Å²) in [4.78, 5) is 10.2. The second-order valence-corrected chi connectivity index (χ2v) is 3.00. The fraction of sp³-hybridized carbons (Fsp3) is 0.857. The normalized spacial score (nSPS) is 21.5. The van der Waals surface area contributed by atoms with Crippen molar-refractivity contribution in [2.24, 2.45) is 0 Å². The number of carbonyl (C=O) groups is 1. The lowest BCUT2D eigenvalue weighted by molar-refractivity contribution is -0.169.